The van der Waals surface area contributed by atoms with Gasteiger partial charge in [-0.3, -0.25) is 0 Å². The Kier molecular flexibility index (Phi) is 4.79. The van der Waals surface area contributed by atoms with Crippen molar-refractivity contribution < 1.29 is 4.42 Å². The second-order valence-corrected chi connectivity index (χ2v) is 12.3. The van der Waals surface area contributed by atoms with Gasteiger partial charge in [-0.1, -0.05) is 78.9 Å². The van der Waals surface area contributed by atoms with Gasteiger partial charge in [0.1, 0.15) is 11.2 Å². The van der Waals surface area contributed by atoms with Gasteiger partial charge in [0.25, 0.3) is 0 Å². The summed E-state index contributed by atoms with van der Waals surface area (Å²) in [6.07, 6.45) is 10.8. The quantitative estimate of drug-likeness (QED) is 0.217. The third-order valence-electron chi connectivity index (χ3n) is 8.94. The van der Waals surface area contributed by atoms with Gasteiger partial charge in [-0.05, 0) is 111 Å². The summed E-state index contributed by atoms with van der Waals surface area (Å²) in [4.78, 5) is 1.45. The van der Waals surface area contributed by atoms with Crippen molar-refractivity contribution in [3.05, 3.63) is 125 Å². The predicted octanol–water partition coefficient (Wildman–Crippen LogP) is 11.2. The molecule has 1 unspecified atom stereocenters. The van der Waals surface area contributed by atoms with E-state index < -0.39 is 0 Å². The molecule has 0 aliphatic heterocycles. The lowest BCUT2D eigenvalue weighted by molar-refractivity contribution is 0.560. The van der Waals surface area contributed by atoms with Crippen LogP contribution in [-0.2, 0) is 6.42 Å². The molecule has 0 N–H and O–H groups in total. The Balaban J connectivity index is 1.18. The SMILES string of the molecule is C1=CC2=Cc3sc4ccc(-c5ccccc5-c5ccc6c(c5)oc5ccc7ccccc7c56)cc4c3CC2CC1. The van der Waals surface area contributed by atoms with Crippen LogP contribution < -0.4 is 0 Å². The molecular weight excluding hydrogens is 504 g/mol. The maximum absolute atomic E-state index is 6.41. The highest BCUT2D eigenvalue weighted by Crippen LogP contribution is 2.44. The molecule has 0 fully saturated rings. The fourth-order valence-corrected chi connectivity index (χ4v) is 8.14. The summed E-state index contributed by atoms with van der Waals surface area (Å²) in [7, 11) is 0. The topological polar surface area (TPSA) is 13.1 Å². The van der Waals surface area contributed by atoms with E-state index in [9.17, 15) is 0 Å². The van der Waals surface area contributed by atoms with Crippen molar-refractivity contribution in [1.29, 1.82) is 0 Å². The molecular formula is C38H26OS. The average molecular weight is 531 g/mol. The van der Waals surface area contributed by atoms with Gasteiger partial charge in [0, 0.05) is 20.3 Å². The molecule has 0 bridgehead atoms. The van der Waals surface area contributed by atoms with E-state index >= 15 is 0 Å². The van der Waals surface area contributed by atoms with Gasteiger partial charge in [0.15, 0.2) is 0 Å². The molecule has 7 aromatic rings. The molecule has 190 valence electrons. The largest absolute Gasteiger partial charge is 0.456 e. The van der Waals surface area contributed by atoms with Crippen LogP contribution in [0.5, 0.6) is 0 Å². The van der Waals surface area contributed by atoms with E-state index in [2.05, 4.69) is 115 Å². The van der Waals surface area contributed by atoms with Crippen LogP contribution in [0, 0.1) is 5.92 Å². The average Bonchev–Trinajstić information content (AvgIpc) is 3.57. The minimum absolute atomic E-state index is 0.666. The predicted molar refractivity (Wildman–Crippen MR) is 171 cm³/mol. The van der Waals surface area contributed by atoms with Crippen LogP contribution in [0.4, 0.5) is 0 Å². The molecule has 0 saturated carbocycles. The Morgan fingerprint density at radius 1 is 0.700 bits per heavy atom. The Hall–Kier alpha value is -4.40. The first-order valence-corrected chi connectivity index (χ1v) is 15.0. The van der Waals surface area contributed by atoms with Gasteiger partial charge in [0.05, 0.1) is 0 Å². The van der Waals surface area contributed by atoms with E-state index in [0.29, 0.717) is 5.92 Å². The lowest BCUT2D eigenvalue weighted by Crippen LogP contribution is -2.13. The number of furan rings is 1. The minimum Gasteiger partial charge on any atom is -0.456 e. The molecule has 1 nitrogen and oxygen atoms in total. The van der Waals surface area contributed by atoms with Gasteiger partial charge in [-0.25, -0.2) is 0 Å². The number of benzene rings is 5. The van der Waals surface area contributed by atoms with Gasteiger partial charge >= 0.3 is 0 Å². The zero-order chi connectivity index (χ0) is 26.2. The molecule has 9 rings (SSSR count). The molecule has 0 saturated heterocycles. The lowest BCUT2D eigenvalue weighted by atomic mass is 9.80. The Bertz CT molecular complexity index is 2200. The fraction of sp³-hybridized carbons (Fsp3) is 0.105. The number of thiophene rings is 1. The molecule has 40 heavy (non-hydrogen) atoms. The number of allylic oxidation sites excluding steroid dienone is 3. The molecule has 2 aliphatic carbocycles. The molecule has 0 spiro atoms. The standard InChI is InChI=1S/C38H26OS/c1-2-9-25-22-37-33(19-24(25)8-1)32-20-26(15-18-36(32)40-37)28-10-5-6-11-29(28)27-13-16-31-35(21-27)39-34-17-14-23-7-3-4-12-30(23)38(31)34/h2-7,9-18,20-22,24H,1,8,19H2. The van der Waals surface area contributed by atoms with Gasteiger partial charge in [-0.15, -0.1) is 11.3 Å². The monoisotopic (exact) mass is 530 g/mol. The lowest BCUT2D eigenvalue weighted by Gasteiger charge is -2.25. The minimum atomic E-state index is 0.666. The van der Waals surface area contributed by atoms with Crippen LogP contribution >= 0.6 is 11.3 Å². The summed E-state index contributed by atoms with van der Waals surface area (Å²) in [6.45, 7) is 0. The van der Waals surface area contributed by atoms with Gasteiger partial charge in [0.2, 0.25) is 0 Å². The van der Waals surface area contributed by atoms with Crippen LogP contribution in [0.2, 0.25) is 0 Å². The molecule has 2 aromatic heterocycles. The van der Waals surface area contributed by atoms with E-state index in [1.54, 1.807) is 5.56 Å². The van der Waals surface area contributed by atoms with Crippen molar-refractivity contribution in [2.75, 3.05) is 0 Å². The van der Waals surface area contributed by atoms with E-state index in [0.717, 1.165) is 17.6 Å². The first kappa shape index (κ1) is 22.4. The van der Waals surface area contributed by atoms with E-state index in [4.69, 9.17) is 4.42 Å². The van der Waals surface area contributed by atoms with Crippen LogP contribution in [-0.4, -0.2) is 0 Å². The summed E-state index contributed by atoms with van der Waals surface area (Å²) in [6, 6.07) is 35.4. The van der Waals surface area contributed by atoms with Gasteiger partial charge < -0.3 is 4.42 Å². The number of hydrogen-bond donors (Lipinski definition) is 0. The zero-order valence-electron chi connectivity index (χ0n) is 22.0. The van der Waals surface area contributed by atoms with E-state index in [1.807, 2.05) is 11.3 Å². The molecule has 0 amide bonds. The van der Waals surface area contributed by atoms with Crippen molar-refractivity contribution in [2.24, 2.45) is 5.92 Å². The summed E-state index contributed by atoms with van der Waals surface area (Å²) < 4.78 is 7.80. The van der Waals surface area contributed by atoms with Crippen molar-refractivity contribution in [2.45, 2.75) is 19.3 Å². The van der Waals surface area contributed by atoms with Crippen LogP contribution in [0.15, 0.2) is 119 Å². The Labute approximate surface area is 236 Å². The van der Waals surface area contributed by atoms with E-state index in [-0.39, 0.29) is 0 Å². The number of fused-ring (bicyclic) bond motifs is 9. The maximum Gasteiger partial charge on any atom is 0.136 e. The highest BCUT2D eigenvalue weighted by molar-refractivity contribution is 7.20. The van der Waals surface area contributed by atoms with Crippen LogP contribution in [0.25, 0.3) is 71.1 Å². The summed E-state index contributed by atoms with van der Waals surface area (Å²) in [5.41, 5.74) is 9.89. The molecule has 2 heteroatoms. The molecule has 5 aromatic carbocycles. The molecule has 0 radical (unpaired) electrons. The Morgan fingerprint density at radius 3 is 2.45 bits per heavy atom. The first-order valence-electron chi connectivity index (χ1n) is 14.2. The van der Waals surface area contributed by atoms with Crippen LogP contribution in [0.1, 0.15) is 23.3 Å². The highest BCUT2D eigenvalue weighted by atomic mass is 32.1. The summed E-state index contributed by atoms with van der Waals surface area (Å²) in [5.74, 6) is 0.666. The normalized spacial score (nSPS) is 16.5. The van der Waals surface area contributed by atoms with E-state index in [1.165, 1.54) is 77.2 Å². The zero-order valence-corrected chi connectivity index (χ0v) is 22.8. The third-order valence-corrected chi connectivity index (χ3v) is 10.1. The third kappa shape index (κ3) is 3.33. The summed E-state index contributed by atoms with van der Waals surface area (Å²) >= 11 is 1.94. The smallest absolute Gasteiger partial charge is 0.136 e. The molecule has 2 heterocycles. The second kappa shape index (κ2) is 8.55. The van der Waals surface area contributed by atoms with Crippen molar-refractivity contribution in [3.8, 4) is 22.3 Å². The van der Waals surface area contributed by atoms with Crippen molar-refractivity contribution >= 4 is 60.2 Å². The fourth-order valence-electron chi connectivity index (χ4n) is 6.97. The van der Waals surface area contributed by atoms with Crippen LogP contribution in [0.3, 0.4) is 0 Å². The van der Waals surface area contributed by atoms with Crippen molar-refractivity contribution in [3.63, 3.8) is 0 Å². The maximum atomic E-state index is 6.41. The second-order valence-electron chi connectivity index (χ2n) is 11.2. The summed E-state index contributed by atoms with van der Waals surface area (Å²) in [5, 5.41) is 6.28. The molecule has 1 atom stereocenters. The van der Waals surface area contributed by atoms with Crippen molar-refractivity contribution in [1.82, 2.24) is 0 Å². The highest BCUT2D eigenvalue weighted by Gasteiger charge is 2.25. The number of rotatable bonds is 2. The molecule has 2 aliphatic rings. The number of hydrogen-bond acceptors (Lipinski definition) is 2. The Morgan fingerprint density at radius 2 is 1.52 bits per heavy atom. The van der Waals surface area contributed by atoms with Gasteiger partial charge in [-0.2, -0.15) is 0 Å². The first-order chi connectivity index (χ1) is 19.8.